The summed E-state index contributed by atoms with van der Waals surface area (Å²) in [7, 11) is 1.46. The highest BCUT2D eigenvalue weighted by Crippen LogP contribution is 2.43. The van der Waals surface area contributed by atoms with Crippen LogP contribution in [0.2, 0.25) is 0 Å². The first-order valence-electron chi connectivity index (χ1n) is 9.20. The summed E-state index contributed by atoms with van der Waals surface area (Å²) in [6.07, 6.45) is 3.09. The lowest BCUT2D eigenvalue weighted by Crippen LogP contribution is -2.37. The second kappa shape index (κ2) is 13.2. The summed E-state index contributed by atoms with van der Waals surface area (Å²) in [6, 6.07) is 0. The zero-order valence-corrected chi connectivity index (χ0v) is 18.0. The average Bonchev–Trinajstić information content (AvgIpc) is 2.52. The summed E-state index contributed by atoms with van der Waals surface area (Å²) in [5.74, 6) is -1.02. The van der Waals surface area contributed by atoms with Gasteiger partial charge < -0.3 is 18.9 Å². The number of phosphoric ester groups is 1. The van der Waals surface area contributed by atoms with Crippen LogP contribution >= 0.6 is 7.82 Å². The maximum Gasteiger partial charge on any atom is 0.472 e. The van der Waals surface area contributed by atoms with Crippen molar-refractivity contribution in [3.63, 3.8) is 0 Å². The maximum atomic E-state index is 11.9. The van der Waals surface area contributed by atoms with Gasteiger partial charge in [0.05, 0.1) is 27.7 Å². The lowest BCUT2D eigenvalue weighted by Gasteiger charge is -2.24. The molecule has 2 atom stereocenters. The van der Waals surface area contributed by atoms with Gasteiger partial charge in [-0.05, 0) is 6.42 Å². The van der Waals surface area contributed by atoms with Crippen LogP contribution in [0.25, 0.3) is 0 Å². The van der Waals surface area contributed by atoms with Crippen LogP contribution in [0.3, 0.4) is 0 Å². The van der Waals surface area contributed by atoms with Gasteiger partial charge >= 0.3 is 19.8 Å². The maximum absolute atomic E-state index is 11.9. The fraction of sp³-hybridized carbons (Fsp3) is 0.882. The molecule has 0 aliphatic heterocycles. The molecule has 0 aliphatic rings. The number of hydrogen-bond acceptors (Lipinski definition) is 7. The van der Waals surface area contributed by atoms with E-state index >= 15 is 0 Å². The Balaban J connectivity index is 4.33. The van der Waals surface area contributed by atoms with E-state index in [-0.39, 0.29) is 19.6 Å². The highest BCUT2D eigenvalue weighted by atomic mass is 31.2. The average molecular weight is 412 g/mol. The van der Waals surface area contributed by atoms with Crippen molar-refractivity contribution in [3.8, 4) is 0 Å². The van der Waals surface area contributed by atoms with Crippen LogP contribution in [-0.2, 0) is 32.7 Å². The Morgan fingerprint density at radius 3 is 2.30 bits per heavy atom. The van der Waals surface area contributed by atoms with E-state index in [1.165, 1.54) is 6.92 Å². The Kier molecular flexibility index (Phi) is 12.7. The Hall–Kier alpha value is -0.990. The molecule has 0 aromatic rings. The fourth-order valence-electron chi connectivity index (χ4n) is 1.95. The third-order valence-electron chi connectivity index (χ3n) is 3.44. The van der Waals surface area contributed by atoms with Crippen LogP contribution in [-0.4, -0.2) is 74.9 Å². The second-order valence-electron chi connectivity index (χ2n) is 7.34. The fourth-order valence-corrected chi connectivity index (χ4v) is 2.69. The normalized spacial score (nSPS) is 15.0. The molecule has 1 unspecified atom stereocenters. The van der Waals surface area contributed by atoms with Gasteiger partial charge in [0, 0.05) is 13.3 Å². The van der Waals surface area contributed by atoms with Crippen LogP contribution in [0.5, 0.6) is 0 Å². The topological polar surface area (TPSA) is 108 Å². The van der Waals surface area contributed by atoms with E-state index in [0.717, 1.165) is 25.7 Å². The first kappa shape index (κ1) is 26.0. The van der Waals surface area contributed by atoms with Gasteiger partial charge in [-0.25, -0.2) is 4.57 Å². The van der Waals surface area contributed by atoms with Crippen LogP contribution in [0.1, 0.15) is 46.0 Å². The molecular weight excluding hydrogens is 377 g/mol. The van der Waals surface area contributed by atoms with Gasteiger partial charge in [0.1, 0.15) is 19.8 Å². The van der Waals surface area contributed by atoms with E-state index in [1.807, 2.05) is 21.1 Å². The van der Waals surface area contributed by atoms with E-state index in [0.29, 0.717) is 11.0 Å². The van der Waals surface area contributed by atoms with Crippen molar-refractivity contribution in [1.82, 2.24) is 0 Å². The SMILES string of the molecule is CCCCCCC(=O)OC[C@H](COP(=O)(O)OCC[N+](C)(C)C)OC(C)=O. The number of nitrogens with zero attached hydrogens (tertiary/aromatic N) is 1. The summed E-state index contributed by atoms with van der Waals surface area (Å²) >= 11 is 0. The monoisotopic (exact) mass is 412 g/mol. The minimum atomic E-state index is -4.29. The number of carbonyl (C=O) groups excluding carboxylic acids is 2. The summed E-state index contributed by atoms with van der Waals surface area (Å²) in [5.41, 5.74) is 0. The molecule has 27 heavy (non-hydrogen) atoms. The van der Waals surface area contributed by atoms with Gasteiger partial charge in [-0.15, -0.1) is 0 Å². The van der Waals surface area contributed by atoms with Crippen LogP contribution in [0.15, 0.2) is 0 Å². The molecule has 0 bridgehead atoms. The zero-order chi connectivity index (χ0) is 20.9. The molecular formula is C17H35NO8P+. The Morgan fingerprint density at radius 2 is 1.74 bits per heavy atom. The largest absolute Gasteiger partial charge is 0.472 e. The number of hydrogen-bond donors (Lipinski definition) is 1. The van der Waals surface area contributed by atoms with Crippen molar-refractivity contribution in [1.29, 1.82) is 0 Å². The van der Waals surface area contributed by atoms with Crippen LogP contribution < -0.4 is 0 Å². The number of phosphoric acid groups is 1. The molecule has 10 heteroatoms. The van der Waals surface area contributed by atoms with E-state index in [1.54, 1.807) is 0 Å². The lowest BCUT2D eigenvalue weighted by atomic mass is 10.2. The molecule has 0 heterocycles. The smallest absolute Gasteiger partial charge is 0.462 e. The van der Waals surface area contributed by atoms with Gasteiger partial charge in [0.25, 0.3) is 0 Å². The van der Waals surface area contributed by atoms with Crippen molar-refractivity contribution < 1.29 is 42.1 Å². The molecule has 0 aromatic heterocycles. The Bertz CT molecular complexity index is 492. The highest BCUT2D eigenvalue weighted by Gasteiger charge is 2.26. The molecule has 0 aliphatic carbocycles. The number of carbonyl (C=O) groups is 2. The molecule has 0 amide bonds. The van der Waals surface area contributed by atoms with Crippen molar-refractivity contribution in [2.24, 2.45) is 0 Å². The van der Waals surface area contributed by atoms with E-state index in [4.69, 9.17) is 18.5 Å². The predicted octanol–water partition coefficient (Wildman–Crippen LogP) is 2.27. The van der Waals surface area contributed by atoms with Crippen LogP contribution in [0, 0.1) is 0 Å². The van der Waals surface area contributed by atoms with Crippen LogP contribution in [0.4, 0.5) is 0 Å². The van der Waals surface area contributed by atoms with Crippen molar-refractivity contribution in [2.75, 3.05) is 47.5 Å². The Labute approximate surface area is 162 Å². The van der Waals surface area contributed by atoms with Crippen molar-refractivity contribution >= 4 is 19.8 Å². The predicted molar refractivity (Wildman–Crippen MR) is 99.9 cm³/mol. The number of unbranched alkanes of at least 4 members (excludes halogenated alkanes) is 3. The summed E-state index contributed by atoms with van der Waals surface area (Å²) in [4.78, 5) is 32.6. The summed E-state index contributed by atoms with van der Waals surface area (Å²) in [5, 5.41) is 0. The molecule has 0 rings (SSSR count). The number of esters is 2. The zero-order valence-electron chi connectivity index (χ0n) is 17.1. The molecule has 0 saturated carbocycles. The molecule has 0 radical (unpaired) electrons. The van der Waals surface area contributed by atoms with E-state index in [9.17, 15) is 19.0 Å². The molecule has 0 spiro atoms. The minimum absolute atomic E-state index is 0.0300. The number of quaternary nitrogens is 1. The van der Waals surface area contributed by atoms with Gasteiger partial charge in [-0.3, -0.25) is 18.6 Å². The number of likely N-dealkylation sites (N-methyl/N-ethyl adjacent to an activating group) is 1. The van der Waals surface area contributed by atoms with Crippen molar-refractivity contribution in [3.05, 3.63) is 0 Å². The highest BCUT2D eigenvalue weighted by molar-refractivity contribution is 7.47. The minimum Gasteiger partial charge on any atom is -0.462 e. The molecule has 160 valence electrons. The molecule has 0 fully saturated rings. The van der Waals surface area contributed by atoms with Gasteiger partial charge in [0.15, 0.2) is 6.10 Å². The molecule has 0 saturated heterocycles. The van der Waals surface area contributed by atoms with Gasteiger partial charge in [-0.1, -0.05) is 26.2 Å². The van der Waals surface area contributed by atoms with Gasteiger partial charge in [-0.2, -0.15) is 0 Å². The van der Waals surface area contributed by atoms with E-state index < -0.39 is 32.5 Å². The van der Waals surface area contributed by atoms with Crippen molar-refractivity contribution in [2.45, 2.75) is 52.1 Å². The first-order chi connectivity index (χ1) is 12.4. The number of rotatable bonds is 15. The first-order valence-corrected chi connectivity index (χ1v) is 10.7. The molecule has 1 N–H and O–H groups in total. The quantitative estimate of drug-likeness (QED) is 0.189. The third kappa shape index (κ3) is 16.9. The summed E-state index contributed by atoms with van der Waals surface area (Å²) in [6.45, 7) is 3.15. The lowest BCUT2D eigenvalue weighted by molar-refractivity contribution is -0.870. The molecule has 0 aromatic carbocycles. The van der Waals surface area contributed by atoms with E-state index in [2.05, 4.69) is 6.92 Å². The summed E-state index contributed by atoms with van der Waals surface area (Å²) < 4.78 is 32.2. The second-order valence-corrected chi connectivity index (χ2v) is 8.79. The van der Waals surface area contributed by atoms with Gasteiger partial charge in [0.2, 0.25) is 0 Å². The Morgan fingerprint density at radius 1 is 1.07 bits per heavy atom. The third-order valence-corrected chi connectivity index (χ3v) is 4.42. The molecule has 9 nitrogen and oxygen atoms in total. The standard InChI is InChI=1S/C17H34NO8P/c1-6-7-8-9-10-17(20)23-13-16(26-15(2)19)14-25-27(21,22)24-12-11-18(3,4)5/h16H,6-14H2,1-5H3/p+1/t16-/m1/s1. The number of ether oxygens (including phenoxy) is 2.